The first kappa shape index (κ1) is 14.7. The van der Waals surface area contributed by atoms with E-state index in [9.17, 15) is 0 Å². The normalized spacial score (nSPS) is 10.9. The van der Waals surface area contributed by atoms with Crippen LogP contribution in [0, 0.1) is 0 Å². The van der Waals surface area contributed by atoms with Crippen LogP contribution in [0.2, 0.25) is 0 Å². The van der Waals surface area contributed by atoms with Crippen LogP contribution in [0.1, 0.15) is 11.9 Å². The lowest BCUT2D eigenvalue weighted by Crippen LogP contribution is -1.84. The predicted molar refractivity (Wildman–Crippen MR) is 93.5 cm³/mol. The van der Waals surface area contributed by atoms with Crippen molar-refractivity contribution in [1.29, 1.82) is 0 Å². The van der Waals surface area contributed by atoms with Crippen molar-refractivity contribution in [3.8, 4) is 34.1 Å². The Morgan fingerprint density at radius 3 is 2.38 bits per heavy atom. The number of hydrogen-bond acceptors (Lipinski definition) is 6. The van der Waals surface area contributed by atoms with Gasteiger partial charge in [-0.25, -0.2) is 4.98 Å². The fraction of sp³-hybridized carbons (Fsp3) is 0.111. The lowest BCUT2D eigenvalue weighted by atomic mass is 10.1. The Labute approximate surface area is 143 Å². The molecule has 6 heteroatoms. The van der Waals surface area contributed by atoms with Gasteiger partial charge in [0.1, 0.15) is 0 Å². The third-order valence-corrected chi connectivity index (χ3v) is 4.64. The summed E-state index contributed by atoms with van der Waals surface area (Å²) in [6.45, 7) is 2.11. The van der Waals surface area contributed by atoms with Gasteiger partial charge in [0.05, 0.1) is 10.7 Å². The van der Waals surface area contributed by atoms with Crippen LogP contribution < -0.4 is 0 Å². The van der Waals surface area contributed by atoms with Crippen molar-refractivity contribution in [2.24, 2.45) is 0 Å². The van der Waals surface area contributed by atoms with Gasteiger partial charge in [-0.3, -0.25) is 4.98 Å². The van der Waals surface area contributed by atoms with E-state index in [1.54, 1.807) is 23.7 Å². The highest BCUT2D eigenvalue weighted by Gasteiger charge is 2.11. The Hall–Kier alpha value is -2.86. The number of pyridine rings is 1. The molecule has 3 aromatic heterocycles. The number of nitrogens with zero attached hydrogens (tertiary/aromatic N) is 4. The minimum atomic E-state index is 0.489. The monoisotopic (exact) mass is 334 g/mol. The molecule has 0 aliphatic heterocycles. The van der Waals surface area contributed by atoms with Crippen molar-refractivity contribution >= 4 is 11.3 Å². The van der Waals surface area contributed by atoms with Crippen LogP contribution in [0.5, 0.6) is 0 Å². The van der Waals surface area contributed by atoms with Gasteiger partial charge in [-0.2, -0.15) is 4.98 Å². The molecule has 0 N–H and O–H groups in total. The van der Waals surface area contributed by atoms with E-state index in [4.69, 9.17) is 4.52 Å². The summed E-state index contributed by atoms with van der Waals surface area (Å²) in [5.41, 5.74) is 3.87. The molecular formula is C18H14N4OS. The highest BCUT2D eigenvalue weighted by atomic mass is 32.1. The number of benzene rings is 1. The highest BCUT2D eigenvalue weighted by molar-refractivity contribution is 7.09. The number of rotatable bonds is 4. The molecule has 0 saturated carbocycles. The average Bonchev–Trinajstić information content (AvgIpc) is 3.32. The summed E-state index contributed by atoms with van der Waals surface area (Å²) in [6.07, 6.45) is 4.36. The zero-order valence-electron chi connectivity index (χ0n) is 13.0. The van der Waals surface area contributed by atoms with Crippen molar-refractivity contribution in [3.63, 3.8) is 0 Å². The molecule has 118 valence electrons. The van der Waals surface area contributed by atoms with Crippen molar-refractivity contribution < 1.29 is 4.52 Å². The lowest BCUT2D eigenvalue weighted by molar-refractivity contribution is 0.432. The van der Waals surface area contributed by atoms with E-state index < -0.39 is 0 Å². The average molecular weight is 334 g/mol. The zero-order valence-corrected chi connectivity index (χ0v) is 13.8. The van der Waals surface area contributed by atoms with E-state index in [2.05, 4.69) is 32.4 Å². The van der Waals surface area contributed by atoms with Crippen molar-refractivity contribution in [2.75, 3.05) is 0 Å². The van der Waals surface area contributed by atoms with Crippen LogP contribution in [-0.4, -0.2) is 20.1 Å². The Balaban J connectivity index is 1.60. The second-order valence-corrected chi connectivity index (χ2v) is 6.16. The van der Waals surface area contributed by atoms with Crippen LogP contribution >= 0.6 is 11.3 Å². The Morgan fingerprint density at radius 1 is 0.917 bits per heavy atom. The van der Waals surface area contributed by atoms with Crippen LogP contribution in [0.25, 0.3) is 34.1 Å². The highest BCUT2D eigenvalue weighted by Crippen LogP contribution is 2.26. The van der Waals surface area contributed by atoms with Gasteiger partial charge in [-0.15, -0.1) is 11.3 Å². The van der Waals surface area contributed by atoms with E-state index in [0.717, 1.165) is 33.8 Å². The molecule has 0 radical (unpaired) electrons. The molecule has 0 saturated heterocycles. The van der Waals surface area contributed by atoms with E-state index in [0.29, 0.717) is 11.7 Å². The molecule has 5 nitrogen and oxygen atoms in total. The molecule has 0 bridgehead atoms. The molecule has 4 aromatic rings. The van der Waals surface area contributed by atoms with Crippen LogP contribution in [0.15, 0.2) is 58.7 Å². The van der Waals surface area contributed by atoms with E-state index in [1.165, 1.54) is 0 Å². The van der Waals surface area contributed by atoms with Crippen LogP contribution in [0.3, 0.4) is 0 Å². The third-order valence-electron chi connectivity index (χ3n) is 3.65. The lowest BCUT2D eigenvalue weighted by Gasteiger charge is -1.98. The Kier molecular flexibility index (Phi) is 3.88. The van der Waals surface area contributed by atoms with Crippen molar-refractivity contribution in [1.82, 2.24) is 20.1 Å². The SMILES string of the molecule is CCc1nc(-c2ccc(-c3noc(-c4ccncc4)n3)cc2)cs1. The van der Waals surface area contributed by atoms with E-state index >= 15 is 0 Å². The second kappa shape index (κ2) is 6.33. The number of hydrogen-bond donors (Lipinski definition) is 0. The van der Waals surface area contributed by atoms with Gasteiger partial charge in [-0.05, 0) is 18.6 Å². The first-order valence-electron chi connectivity index (χ1n) is 7.63. The first-order chi connectivity index (χ1) is 11.8. The largest absolute Gasteiger partial charge is 0.334 e. The van der Waals surface area contributed by atoms with Crippen molar-refractivity contribution in [3.05, 3.63) is 59.2 Å². The predicted octanol–water partition coefficient (Wildman–Crippen LogP) is 4.48. The van der Waals surface area contributed by atoms with E-state index in [1.807, 2.05) is 36.4 Å². The fourth-order valence-electron chi connectivity index (χ4n) is 2.35. The molecule has 0 amide bonds. The smallest absolute Gasteiger partial charge is 0.258 e. The van der Waals surface area contributed by atoms with Gasteiger partial charge < -0.3 is 4.52 Å². The summed E-state index contributed by atoms with van der Waals surface area (Å²) in [4.78, 5) is 13.0. The molecule has 3 heterocycles. The summed E-state index contributed by atoms with van der Waals surface area (Å²) in [6, 6.07) is 11.7. The minimum Gasteiger partial charge on any atom is -0.334 e. The molecule has 0 atom stereocenters. The summed E-state index contributed by atoms with van der Waals surface area (Å²) < 4.78 is 5.34. The Morgan fingerprint density at radius 2 is 1.67 bits per heavy atom. The molecule has 24 heavy (non-hydrogen) atoms. The van der Waals surface area contributed by atoms with Gasteiger partial charge in [0.25, 0.3) is 5.89 Å². The van der Waals surface area contributed by atoms with Crippen LogP contribution in [0.4, 0.5) is 0 Å². The molecule has 4 rings (SSSR count). The quantitative estimate of drug-likeness (QED) is 0.550. The molecule has 1 aromatic carbocycles. The standard InChI is InChI=1S/C18H14N4OS/c1-2-16-20-15(11-24-16)12-3-5-13(6-4-12)17-21-18(23-22-17)14-7-9-19-10-8-14/h3-11H,2H2,1H3. The summed E-state index contributed by atoms with van der Waals surface area (Å²) in [7, 11) is 0. The van der Waals surface area contributed by atoms with Crippen molar-refractivity contribution in [2.45, 2.75) is 13.3 Å². The molecule has 0 aliphatic rings. The van der Waals surface area contributed by atoms with Gasteiger partial charge in [-0.1, -0.05) is 36.3 Å². The summed E-state index contributed by atoms with van der Waals surface area (Å²) in [5, 5.41) is 7.30. The van der Waals surface area contributed by atoms with Gasteiger partial charge in [0.15, 0.2) is 0 Å². The van der Waals surface area contributed by atoms with Crippen LogP contribution in [-0.2, 0) is 6.42 Å². The Bertz CT molecular complexity index is 945. The number of thiazole rings is 1. The number of aromatic nitrogens is 4. The maximum atomic E-state index is 5.34. The molecule has 0 fully saturated rings. The molecule has 0 unspecified atom stereocenters. The molecular weight excluding hydrogens is 320 g/mol. The summed E-state index contributed by atoms with van der Waals surface area (Å²) in [5.74, 6) is 1.06. The topological polar surface area (TPSA) is 64.7 Å². The zero-order chi connectivity index (χ0) is 16.4. The maximum Gasteiger partial charge on any atom is 0.258 e. The fourth-order valence-corrected chi connectivity index (χ4v) is 3.10. The third kappa shape index (κ3) is 2.83. The van der Waals surface area contributed by atoms with Gasteiger partial charge in [0.2, 0.25) is 5.82 Å². The minimum absolute atomic E-state index is 0.489. The van der Waals surface area contributed by atoms with Gasteiger partial charge in [0, 0.05) is 34.5 Å². The second-order valence-electron chi connectivity index (χ2n) is 5.22. The van der Waals surface area contributed by atoms with Gasteiger partial charge >= 0.3 is 0 Å². The molecule has 0 aliphatic carbocycles. The number of aryl methyl sites for hydroxylation is 1. The first-order valence-corrected chi connectivity index (χ1v) is 8.51. The maximum absolute atomic E-state index is 5.34. The van der Waals surface area contributed by atoms with E-state index in [-0.39, 0.29) is 0 Å². The molecule has 0 spiro atoms. The summed E-state index contributed by atoms with van der Waals surface area (Å²) >= 11 is 1.69.